The van der Waals surface area contributed by atoms with Crippen LogP contribution in [0, 0.1) is 11.8 Å². The summed E-state index contributed by atoms with van der Waals surface area (Å²) in [5, 5.41) is 9.75. The molecular formula is C27H30F3NO4. The van der Waals surface area contributed by atoms with Crippen molar-refractivity contribution in [1.82, 2.24) is 4.90 Å². The van der Waals surface area contributed by atoms with Gasteiger partial charge in [-0.25, -0.2) is 0 Å². The fourth-order valence-corrected chi connectivity index (χ4v) is 6.21. The Bertz CT molecular complexity index is 1130. The van der Waals surface area contributed by atoms with Crippen LogP contribution in [0.4, 0.5) is 13.2 Å². The van der Waals surface area contributed by atoms with Crippen LogP contribution >= 0.6 is 0 Å². The molecule has 1 saturated carbocycles. The molecule has 0 radical (unpaired) electrons. The van der Waals surface area contributed by atoms with Crippen LogP contribution in [0.1, 0.15) is 74.2 Å². The first-order valence-electron chi connectivity index (χ1n) is 12.5. The van der Waals surface area contributed by atoms with Crippen LogP contribution in [0.15, 0.2) is 30.3 Å². The van der Waals surface area contributed by atoms with E-state index in [2.05, 4.69) is 6.92 Å². The molecule has 2 aromatic rings. The Balaban J connectivity index is 1.48. The van der Waals surface area contributed by atoms with E-state index >= 15 is 0 Å². The summed E-state index contributed by atoms with van der Waals surface area (Å²) < 4.78 is 48.8. The van der Waals surface area contributed by atoms with Crippen molar-refractivity contribution in [3.05, 3.63) is 41.5 Å². The van der Waals surface area contributed by atoms with Gasteiger partial charge in [0, 0.05) is 17.6 Å². The molecule has 0 spiro atoms. The highest BCUT2D eigenvalue weighted by Gasteiger charge is 2.45. The number of amides is 1. The van der Waals surface area contributed by atoms with Gasteiger partial charge in [0.05, 0.1) is 12.0 Å². The molecule has 3 aliphatic rings. The van der Waals surface area contributed by atoms with Crippen molar-refractivity contribution in [2.45, 2.75) is 82.7 Å². The van der Waals surface area contributed by atoms with E-state index in [0.717, 1.165) is 38.5 Å². The number of carbonyl (C=O) groups excluding carboxylic acids is 1. The number of halogens is 3. The zero-order valence-electron chi connectivity index (χ0n) is 19.7. The summed E-state index contributed by atoms with van der Waals surface area (Å²) in [6.45, 7) is 2.14. The number of fused-ring (bicyclic) bond motifs is 3. The average molecular weight is 490 g/mol. The minimum atomic E-state index is -4.64. The molecule has 2 unspecified atom stereocenters. The first kappa shape index (κ1) is 23.9. The van der Waals surface area contributed by atoms with Gasteiger partial charge in [-0.05, 0) is 86.3 Å². The second-order valence-electron chi connectivity index (χ2n) is 10.5. The number of hydrogen-bond acceptors (Lipinski definition) is 3. The standard InChI is InChI=1S/C27H30F3NO4/c1-15-2-9-21(10-3-15)35-23-11-6-16-4-5-17(14-22(16)24(23)27(28,29)30)25(32)31-19-7-8-20(31)13-18(12-19)26(33)34/h4-6,11,14-15,18-21H,2-3,7-10,12-13H2,1H3,(H,33,34)/t15-,18?,19?,20?,21+. The minimum absolute atomic E-state index is 0.0437. The van der Waals surface area contributed by atoms with Gasteiger partial charge in [0.1, 0.15) is 11.3 Å². The number of ether oxygens (including phenoxy) is 1. The molecule has 1 amide bonds. The lowest BCUT2D eigenvalue weighted by Crippen LogP contribution is -2.47. The van der Waals surface area contributed by atoms with Crippen LogP contribution < -0.4 is 4.74 Å². The summed E-state index contributed by atoms with van der Waals surface area (Å²) in [5.41, 5.74) is -0.645. The molecule has 3 fully saturated rings. The molecule has 2 heterocycles. The highest BCUT2D eigenvalue weighted by molar-refractivity contribution is 6.00. The number of aliphatic carboxylic acids is 1. The molecule has 2 aliphatic heterocycles. The van der Waals surface area contributed by atoms with Crippen LogP contribution in [0.2, 0.25) is 0 Å². The van der Waals surface area contributed by atoms with Crippen molar-refractivity contribution < 1.29 is 32.6 Å². The largest absolute Gasteiger partial charge is 0.490 e. The first-order chi connectivity index (χ1) is 16.6. The quantitative estimate of drug-likeness (QED) is 0.549. The monoisotopic (exact) mass is 489 g/mol. The van der Waals surface area contributed by atoms with Gasteiger partial charge < -0.3 is 14.7 Å². The SMILES string of the molecule is C[C@H]1CC[C@@H](Oc2ccc3ccc(C(=O)N4C5CCC4CC(C(=O)O)C5)cc3c2C(F)(F)F)CC1. The third-order valence-electron chi connectivity index (χ3n) is 8.09. The Labute approximate surface area is 202 Å². The summed E-state index contributed by atoms with van der Waals surface area (Å²) in [6.07, 6.45) is 0.636. The summed E-state index contributed by atoms with van der Waals surface area (Å²) in [4.78, 5) is 26.6. The second kappa shape index (κ2) is 9.03. The Hall–Kier alpha value is -2.77. The Kier molecular flexibility index (Phi) is 6.18. The van der Waals surface area contributed by atoms with Crippen LogP contribution in [-0.4, -0.2) is 40.1 Å². The minimum Gasteiger partial charge on any atom is -0.490 e. The third kappa shape index (κ3) is 4.59. The van der Waals surface area contributed by atoms with Crippen molar-refractivity contribution in [3.63, 3.8) is 0 Å². The Morgan fingerprint density at radius 2 is 1.60 bits per heavy atom. The fraction of sp³-hybridized carbons (Fsp3) is 0.556. The molecule has 8 heteroatoms. The van der Waals surface area contributed by atoms with Gasteiger partial charge >= 0.3 is 12.1 Å². The lowest BCUT2D eigenvalue weighted by atomic mass is 9.89. The molecule has 1 aliphatic carbocycles. The van der Waals surface area contributed by atoms with Crippen LogP contribution in [0.25, 0.3) is 10.8 Å². The first-order valence-corrected chi connectivity index (χ1v) is 12.5. The number of carbonyl (C=O) groups is 2. The molecule has 2 bridgehead atoms. The molecule has 2 aromatic carbocycles. The van der Waals surface area contributed by atoms with Gasteiger partial charge in [0.2, 0.25) is 0 Å². The topological polar surface area (TPSA) is 66.8 Å². The molecule has 2 saturated heterocycles. The van der Waals surface area contributed by atoms with E-state index < -0.39 is 23.6 Å². The maximum absolute atomic E-state index is 14.3. The summed E-state index contributed by atoms with van der Waals surface area (Å²) in [6, 6.07) is 7.07. The molecule has 5 rings (SSSR count). The smallest absolute Gasteiger partial charge is 0.420 e. The van der Waals surface area contributed by atoms with Crippen molar-refractivity contribution in [3.8, 4) is 5.75 Å². The van der Waals surface area contributed by atoms with Gasteiger partial charge in [-0.1, -0.05) is 19.1 Å². The molecular weight excluding hydrogens is 459 g/mol. The van der Waals surface area contributed by atoms with Crippen molar-refractivity contribution >= 4 is 22.6 Å². The maximum atomic E-state index is 14.3. The van der Waals surface area contributed by atoms with E-state index in [1.54, 1.807) is 23.1 Å². The zero-order chi connectivity index (χ0) is 24.9. The molecule has 2 atom stereocenters. The Morgan fingerprint density at radius 3 is 2.20 bits per heavy atom. The van der Waals surface area contributed by atoms with Crippen molar-refractivity contribution in [2.75, 3.05) is 0 Å². The normalized spacial score (nSPS) is 28.8. The highest BCUT2D eigenvalue weighted by Crippen LogP contribution is 2.44. The number of carboxylic acids is 1. The van der Waals surface area contributed by atoms with Crippen molar-refractivity contribution in [2.24, 2.45) is 11.8 Å². The van der Waals surface area contributed by atoms with Crippen LogP contribution in [0.5, 0.6) is 5.75 Å². The molecule has 0 aromatic heterocycles. The average Bonchev–Trinajstić information content (AvgIpc) is 3.07. The molecule has 188 valence electrons. The summed E-state index contributed by atoms with van der Waals surface area (Å²) >= 11 is 0. The number of benzene rings is 2. The fourth-order valence-electron chi connectivity index (χ4n) is 6.21. The summed E-state index contributed by atoms with van der Waals surface area (Å²) in [7, 11) is 0. The van der Waals surface area contributed by atoms with Gasteiger partial charge in [-0.3, -0.25) is 9.59 Å². The number of nitrogens with zero attached hydrogens (tertiary/aromatic N) is 1. The predicted molar refractivity (Wildman–Crippen MR) is 124 cm³/mol. The number of alkyl halides is 3. The molecule has 35 heavy (non-hydrogen) atoms. The van der Waals surface area contributed by atoms with Crippen LogP contribution in [0.3, 0.4) is 0 Å². The molecule has 1 N–H and O–H groups in total. The second-order valence-corrected chi connectivity index (χ2v) is 10.5. The van der Waals surface area contributed by atoms with Gasteiger partial charge in [0.15, 0.2) is 0 Å². The predicted octanol–water partition coefficient (Wildman–Crippen LogP) is 6.28. The number of hydrogen-bond donors (Lipinski definition) is 1. The van der Waals surface area contributed by atoms with E-state index in [1.165, 1.54) is 12.1 Å². The third-order valence-corrected chi connectivity index (χ3v) is 8.09. The van der Waals surface area contributed by atoms with E-state index in [4.69, 9.17) is 4.74 Å². The van der Waals surface area contributed by atoms with E-state index in [0.29, 0.717) is 24.1 Å². The van der Waals surface area contributed by atoms with E-state index in [9.17, 15) is 27.9 Å². The zero-order valence-corrected chi connectivity index (χ0v) is 19.7. The highest BCUT2D eigenvalue weighted by atomic mass is 19.4. The number of piperidine rings is 1. The van der Waals surface area contributed by atoms with Gasteiger partial charge in [-0.15, -0.1) is 0 Å². The number of rotatable bonds is 4. The van der Waals surface area contributed by atoms with Crippen LogP contribution in [-0.2, 0) is 11.0 Å². The van der Waals surface area contributed by atoms with E-state index in [-0.39, 0.29) is 40.8 Å². The van der Waals surface area contributed by atoms with Crippen molar-refractivity contribution in [1.29, 1.82) is 0 Å². The lowest BCUT2D eigenvalue weighted by molar-refractivity contribution is -0.144. The van der Waals surface area contributed by atoms with E-state index in [1.807, 2.05) is 0 Å². The Morgan fingerprint density at radius 1 is 0.971 bits per heavy atom. The van der Waals surface area contributed by atoms with Gasteiger partial charge in [-0.2, -0.15) is 13.2 Å². The lowest BCUT2D eigenvalue weighted by Gasteiger charge is -2.37. The summed E-state index contributed by atoms with van der Waals surface area (Å²) in [5.74, 6) is -1.29. The van der Waals surface area contributed by atoms with Gasteiger partial charge in [0.25, 0.3) is 5.91 Å². The number of carboxylic acid groups (broad SMARTS) is 1. The maximum Gasteiger partial charge on any atom is 0.420 e. The molecule has 5 nitrogen and oxygen atoms in total.